The van der Waals surface area contributed by atoms with Crippen LogP contribution in [0.4, 0.5) is 9.80 Å². The van der Waals surface area contributed by atoms with Gasteiger partial charge in [0.1, 0.15) is 5.00 Å². The smallest absolute Gasteiger partial charge is 0.323 e. The summed E-state index contributed by atoms with van der Waals surface area (Å²) in [6.45, 7) is 0. The van der Waals surface area contributed by atoms with E-state index >= 15 is 0 Å². The molecule has 0 aromatic carbocycles. The van der Waals surface area contributed by atoms with Crippen LogP contribution in [-0.4, -0.2) is 36.8 Å². The Kier molecular flexibility index (Phi) is 3.90. The number of thiophene rings is 1. The molecule has 1 aromatic heterocycles. The molecule has 4 amide bonds. The molecule has 0 bridgehead atoms. The zero-order chi connectivity index (χ0) is 15.9. The van der Waals surface area contributed by atoms with Gasteiger partial charge in [-0.25, -0.2) is 4.79 Å². The van der Waals surface area contributed by atoms with Crippen molar-refractivity contribution in [1.29, 1.82) is 0 Å². The van der Waals surface area contributed by atoms with Crippen molar-refractivity contribution in [2.24, 2.45) is 5.92 Å². The monoisotopic (exact) mass is 321 g/mol. The summed E-state index contributed by atoms with van der Waals surface area (Å²) < 4.78 is 0. The molecule has 0 spiro atoms. The minimum atomic E-state index is -0.456. The molecular formula is C15H19N3O3S. The van der Waals surface area contributed by atoms with Crippen LogP contribution < -0.4 is 10.6 Å². The Labute approximate surface area is 132 Å². The highest BCUT2D eigenvalue weighted by Gasteiger charge is 2.33. The van der Waals surface area contributed by atoms with Crippen LogP contribution in [0, 0.1) is 5.92 Å². The number of rotatable bonds is 3. The van der Waals surface area contributed by atoms with Gasteiger partial charge in [0.15, 0.2) is 0 Å². The predicted molar refractivity (Wildman–Crippen MR) is 84.2 cm³/mol. The number of nitrogens with zero attached hydrogens (tertiary/aromatic N) is 1. The minimum Gasteiger partial charge on any atom is -0.331 e. The van der Waals surface area contributed by atoms with Gasteiger partial charge in [0.2, 0.25) is 5.91 Å². The van der Waals surface area contributed by atoms with Crippen LogP contribution in [0.5, 0.6) is 0 Å². The van der Waals surface area contributed by atoms with Crippen molar-refractivity contribution >= 4 is 34.2 Å². The van der Waals surface area contributed by atoms with Gasteiger partial charge in [0, 0.05) is 24.9 Å². The highest BCUT2D eigenvalue weighted by molar-refractivity contribution is 7.17. The van der Waals surface area contributed by atoms with Gasteiger partial charge >= 0.3 is 6.03 Å². The van der Waals surface area contributed by atoms with E-state index in [4.69, 9.17) is 0 Å². The summed E-state index contributed by atoms with van der Waals surface area (Å²) in [5.74, 6) is -0.367. The van der Waals surface area contributed by atoms with E-state index in [1.54, 1.807) is 14.1 Å². The second-order valence-electron chi connectivity index (χ2n) is 5.98. The topological polar surface area (TPSA) is 78.5 Å². The Hall–Kier alpha value is -1.89. The quantitative estimate of drug-likeness (QED) is 0.894. The molecular weight excluding hydrogens is 302 g/mol. The Morgan fingerprint density at radius 2 is 1.91 bits per heavy atom. The molecule has 1 heterocycles. The molecule has 0 aliphatic heterocycles. The molecule has 3 rings (SSSR count). The van der Waals surface area contributed by atoms with Crippen molar-refractivity contribution in [2.45, 2.75) is 32.1 Å². The van der Waals surface area contributed by atoms with Crippen LogP contribution in [0.2, 0.25) is 0 Å². The van der Waals surface area contributed by atoms with Gasteiger partial charge in [0.25, 0.3) is 5.91 Å². The molecule has 22 heavy (non-hydrogen) atoms. The molecule has 0 atom stereocenters. The number of nitrogens with one attached hydrogen (secondary N) is 2. The number of amides is 4. The fourth-order valence-corrected chi connectivity index (χ4v) is 3.85. The lowest BCUT2D eigenvalue weighted by Crippen LogP contribution is -2.39. The third-order valence-electron chi connectivity index (χ3n) is 3.96. The van der Waals surface area contributed by atoms with Crippen LogP contribution in [0.3, 0.4) is 0 Å². The molecule has 118 valence electrons. The Morgan fingerprint density at radius 3 is 2.55 bits per heavy atom. The summed E-state index contributed by atoms with van der Waals surface area (Å²) in [7, 11) is 3.16. The molecule has 1 fully saturated rings. The maximum Gasteiger partial charge on any atom is 0.323 e. The van der Waals surface area contributed by atoms with Gasteiger partial charge in [-0.05, 0) is 37.7 Å². The molecule has 0 radical (unpaired) electrons. The number of imide groups is 1. The van der Waals surface area contributed by atoms with Crippen LogP contribution in [0.15, 0.2) is 0 Å². The van der Waals surface area contributed by atoms with Gasteiger partial charge in [-0.15, -0.1) is 11.3 Å². The zero-order valence-electron chi connectivity index (χ0n) is 12.7. The SMILES string of the molecule is CN(C)C(=O)NC(=O)c1c(NC(=O)C2CC2)sc2c1CCC2. The first-order valence-corrected chi connectivity index (χ1v) is 8.27. The summed E-state index contributed by atoms with van der Waals surface area (Å²) in [4.78, 5) is 38.6. The number of anilines is 1. The fourth-order valence-electron chi connectivity index (χ4n) is 2.56. The van der Waals surface area contributed by atoms with E-state index in [1.807, 2.05) is 0 Å². The third kappa shape index (κ3) is 2.85. The minimum absolute atomic E-state index is 0.0205. The number of hydrogen-bond acceptors (Lipinski definition) is 4. The van der Waals surface area contributed by atoms with Crippen molar-refractivity contribution in [3.8, 4) is 0 Å². The molecule has 7 heteroatoms. The molecule has 1 aromatic rings. The van der Waals surface area contributed by atoms with E-state index in [1.165, 1.54) is 16.2 Å². The maximum atomic E-state index is 12.5. The van der Waals surface area contributed by atoms with E-state index in [2.05, 4.69) is 10.6 Å². The third-order valence-corrected chi connectivity index (χ3v) is 5.17. The predicted octanol–water partition coefficient (Wildman–Crippen LogP) is 2.00. The van der Waals surface area contributed by atoms with E-state index < -0.39 is 11.9 Å². The van der Waals surface area contributed by atoms with E-state index in [-0.39, 0.29) is 11.8 Å². The number of hydrogen-bond donors (Lipinski definition) is 2. The van der Waals surface area contributed by atoms with Gasteiger partial charge < -0.3 is 10.2 Å². The lowest BCUT2D eigenvalue weighted by atomic mass is 10.1. The Bertz CT molecular complexity index is 647. The number of aryl methyl sites for hydroxylation is 1. The van der Waals surface area contributed by atoms with Crippen molar-refractivity contribution in [3.63, 3.8) is 0 Å². The molecule has 1 saturated carbocycles. The first-order valence-electron chi connectivity index (χ1n) is 7.45. The van der Waals surface area contributed by atoms with Crippen LogP contribution in [0.25, 0.3) is 0 Å². The average molecular weight is 321 g/mol. The van der Waals surface area contributed by atoms with Gasteiger partial charge in [-0.1, -0.05) is 0 Å². The van der Waals surface area contributed by atoms with Crippen LogP contribution in [0.1, 0.15) is 40.1 Å². The van der Waals surface area contributed by atoms with Crippen molar-refractivity contribution < 1.29 is 14.4 Å². The van der Waals surface area contributed by atoms with Crippen molar-refractivity contribution in [1.82, 2.24) is 10.2 Å². The standard InChI is InChI=1S/C15H19N3O3S/c1-18(2)15(21)17-13(20)11-9-4-3-5-10(9)22-14(11)16-12(19)8-6-7-8/h8H,3-7H2,1-2H3,(H,16,19)(H,17,20,21). The molecule has 6 nitrogen and oxygen atoms in total. The first-order chi connectivity index (χ1) is 10.5. The summed E-state index contributed by atoms with van der Waals surface area (Å²) in [6, 6.07) is -0.456. The first kappa shape index (κ1) is 15.0. The average Bonchev–Trinajstić information content (AvgIpc) is 3.12. The largest absolute Gasteiger partial charge is 0.331 e. The van der Waals surface area contributed by atoms with Crippen molar-refractivity contribution in [2.75, 3.05) is 19.4 Å². The normalized spacial score (nSPS) is 16.1. The number of carbonyl (C=O) groups is 3. The highest BCUT2D eigenvalue weighted by atomic mass is 32.1. The second kappa shape index (κ2) is 5.72. The second-order valence-corrected chi connectivity index (χ2v) is 7.08. The van der Waals surface area contributed by atoms with E-state index in [9.17, 15) is 14.4 Å². The van der Waals surface area contributed by atoms with Crippen molar-refractivity contribution in [3.05, 3.63) is 16.0 Å². The van der Waals surface area contributed by atoms with Crippen LogP contribution in [-0.2, 0) is 17.6 Å². The maximum absolute atomic E-state index is 12.5. The highest BCUT2D eigenvalue weighted by Crippen LogP contribution is 2.40. The number of fused-ring (bicyclic) bond motifs is 1. The summed E-state index contributed by atoms with van der Waals surface area (Å²) in [6.07, 6.45) is 4.60. The number of urea groups is 1. The molecule has 2 N–H and O–H groups in total. The lowest BCUT2D eigenvalue weighted by Gasteiger charge is -2.12. The van der Waals surface area contributed by atoms with Gasteiger partial charge in [-0.2, -0.15) is 0 Å². The zero-order valence-corrected chi connectivity index (χ0v) is 13.5. The fraction of sp³-hybridized carbons (Fsp3) is 0.533. The summed E-state index contributed by atoms with van der Waals surface area (Å²) in [5.41, 5.74) is 1.46. The molecule has 2 aliphatic carbocycles. The van der Waals surface area contributed by atoms with E-state index in [0.717, 1.165) is 42.5 Å². The molecule has 0 unspecified atom stereocenters. The summed E-state index contributed by atoms with van der Waals surface area (Å²) in [5, 5.41) is 5.84. The lowest BCUT2D eigenvalue weighted by molar-refractivity contribution is -0.117. The number of carbonyl (C=O) groups excluding carboxylic acids is 3. The van der Waals surface area contributed by atoms with Crippen LogP contribution >= 0.6 is 11.3 Å². The van der Waals surface area contributed by atoms with Gasteiger partial charge in [0.05, 0.1) is 5.56 Å². The Balaban J connectivity index is 1.85. The molecule has 2 aliphatic rings. The molecule has 0 saturated heterocycles. The van der Waals surface area contributed by atoms with E-state index in [0.29, 0.717) is 10.6 Å². The van der Waals surface area contributed by atoms with Gasteiger partial charge in [-0.3, -0.25) is 14.9 Å². The Morgan fingerprint density at radius 1 is 1.18 bits per heavy atom. The summed E-state index contributed by atoms with van der Waals surface area (Å²) >= 11 is 1.47.